The molecule has 0 aliphatic carbocycles. The predicted octanol–water partition coefficient (Wildman–Crippen LogP) is 4.92. The fourth-order valence-electron chi connectivity index (χ4n) is 7.52. The molecule has 290 valence electrons. The summed E-state index contributed by atoms with van der Waals surface area (Å²) in [6, 6.07) is 6.18. The lowest BCUT2D eigenvalue weighted by Crippen LogP contribution is -2.55. The molecule has 0 saturated carbocycles. The second-order valence-corrected chi connectivity index (χ2v) is 16.9. The number of benzene rings is 1. The maximum atomic E-state index is 14.2. The van der Waals surface area contributed by atoms with E-state index in [0.29, 0.717) is 60.9 Å². The van der Waals surface area contributed by atoms with Crippen LogP contribution in [0.3, 0.4) is 0 Å². The number of rotatable bonds is 5. The first kappa shape index (κ1) is 38.3. The van der Waals surface area contributed by atoms with Gasteiger partial charge >= 0.3 is 0 Å². The van der Waals surface area contributed by atoms with Gasteiger partial charge in [0.15, 0.2) is 5.69 Å². The van der Waals surface area contributed by atoms with Crippen LogP contribution >= 0.6 is 22.7 Å². The summed E-state index contributed by atoms with van der Waals surface area (Å²) < 4.78 is 5.74. The average molecular weight is 787 g/mol. The molecule has 55 heavy (non-hydrogen) atoms. The highest BCUT2D eigenvalue weighted by atomic mass is 32.1. The van der Waals surface area contributed by atoms with Gasteiger partial charge < -0.3 is 30.2 Å². The Labute approximate surface area is 327 Å². The van der Waals surface area contributed by atoms with E-state index in [1.165, 1.54) is 33.8 Å². The third-order valence-electron chi connectivity index (χ3n) is 10.3. The number of hydrogen-bond acceptors (Lipinski definition) is 11. The first-order valence-corrected chi connectivity index (χ1v) is 20.7. The number of aromatic nitrogens is 3. The van der Waals surface area contributed by atoms with Crippen LogP contribution in [-0.4, -0.2) is 85.5 Å². The van der Waals surface area contributed by atoms with Gasteiger partial charge in [0, 0.05) is 23.8 Å². The number of carbonyl (C=O) groups is 5. The summed E-state index contributed by atoms with van der Waals surface area (Å²) >= 11 is 2.63. The molecule has 14 nitrogen and oxygen atoms in total. The summed E-state index contributed by atoms with van der Waals surface area (Å²) in [6.07, 6.45) is 4.60. The van der Waals surface area contributed by atoms with Crippen molar-refractivity contribution in [1.82, 2.24) is 40.7 Å². The molecule has 3 aliphatic rings. The topological polar surface area (TPSA) is 180 Å². The molecule has 0 unspecified atom stereocenters. The third-order valence-corrected chi connectivity index (χ3v) is 12.2. The van der Waals surface area contributed by atoms with Crippen LogP contribution in [0.5, 0.6) is 0 Å². The molecule has 2 saturated heterocycles. The maximum Gasteiger partial charge on any atom is 0.276 e. The van der Waals surface area contributed by atoms with E-state index in [4.69, 9.17) is 14.4 Å². The van der Waals surface area contributed by atoms with Crippen molar-refractivity contribution in [2.24, 2.45) is 11.8 Å². The van der Waals surface area contributed by atoms with Crippen molar-refractivity contribution < 1.29 is 28.4 Å². The van der Waals surface area contributed by atoms with E-state index in [1.807, 2.05) is 58.0 Å². The fourth-order valence-corrected chi connectivity index (χ4v) is 9.31. The molecule has 3 N–H and O–H groups in total. The average Bonchev–Trinajstić information content (AvgIpc) is 4.01. The number of nitrogens with zero attached hydrogens (tertiary/aromatic N) is 5. The van der Waals surface area contributed by atoms with Crippen LogP contribution in [0.2, 0.25) is 0 Å². The van der Waals surface area contributed by atoms with Gasteiger partial charge in [0.1, 0.15) is 45.8 Å². The monoisotopic (exact) mass is 786 g/mol. The number of amides is 5. The van der Waals surface area contributed by atoms with E-state index in [2.05, 4.69) is 20.9 Å². The summed E-state index contributed by atoms with van der Waals surface area (Å²) in [5.41, 5.74) is 1.58. The first-order chi connectivity index (χ1) is 26.5. The summed E-state index contributed by atoms with van der Waals surface area (Å²) in [7, 11) is 0. The SMILES string of the molecule is CC(C)C[C@@H]1NC(=O)c2csc(n2)[C@H](Cc2ccccc2)NC(=O)[C@H](C(C)C)NC(=O)[C@@H]2CCCN2C(=O)c2coc(n2)-c2csc(n2)[C@@H]2CCCN2C1=O. The number of thiazole rings is 2. The molecule has 6 bridgehead atoms. The molecule has 6 heterocycles. The van der Waals surface area contributed by atoms with Crippen molar-refractivity contribution in [3.63, 3.8) is 0 Å². The standard InChI is InChI=1S/C39H46N8O6S2/c1-21(2)16-25-38(51)47-15-9-13-30(47)37-44-28(20-55-37)35-42-26(18-53-35)39(52)46-14-8-12-29(46)33(49)45-31(22(3)4)34(50)40-24(17-23-10-6-5-7-11-23)36-43-27(19-54-36)32(48)41-25/h5-7,10-11,18-22,24-25,29-31H,8-9,12-17H2,1-4H3,(H,40,50)(H,41,48)(H,45,49)/t24-,25-,29-,30-,31-/m0/s1. The van der Waals surface area contributed by atoms with Crippen molar-refractivity contribution in [3.05, 3.63) is 74.3 Å². The van der Waals surface area contributed by atoms with E-state index in [1.54, 1.807) is 15.7 Å². The molecule has 0 spiro atoms. The molecule has 1 aromatic carbocycles. The lowest BCUT2D eigenvalue weighted by atomic mass is 10.0. The largest absolute Gasteiger partial charge is 0.442 e. The molecular weight excluding hydrogens is 741 g/mol. The highest BCUT2D eigenvalue weighted by molar-refractivity contribution is 7.10. The van der Waals surface area contributed by atoms with Crippen LogP contribution in [-0.2, 0) is 20.8 Å². The number of carbonyl (C=O) groups excluding carboxylic acids is 5. The second-order valence-electron chi connectivity index (χ2n) is 15.2. The van der Waals surface area contributed by atoms with Crippen molar-refractivity contribution in [2.45, 2.75) is 96.4 Å². The molecule has 16 heteroatoms. The van der Waals surface area contributed by atoms with E-state index < -0.39 is 47.8 Å². The zero-order chi connectivity index (χ0) is 38.8. The van der Waals surface area contributed by atoms with E-state index in [-0.39, 0.29) is 41.1 Å². The van der Waals surface area contributed by atoms with Crippen LogP contribution < -0.4 is 16.0 Å². The molecule has 7 rings (SSSR count). The number of nitrogens with one attached hydrogen (secondary N) is 3. The fraction of sp³-hybridized carbons (Fsp3) is 0.487. The van der Waals surface area contributed by atoms with Crippen molar-refractivity contribution in [2.75, 3.05) is 13.1 Å². The van der Waals surface area contributed by atoms with Gasteiger partial charge in [0.25, 0.3) is 11.8 Å². The smallest absolute Gasteiger partial charge is 0.276 e. The van der Waals surface area contributed by atoms with Crippen molar-refractivity contribution in [1.29, 1.82) is 0 Å². The predicted molar refractivity (Wildman–Crippen MR) is 206 cm³/mol. The maximum absolute atomic E-state index is 14.2. The van der Waals surface area contributed by atoms with Gasteiger partial charge in [-0.25, -0.2) is 15.0 Å². The Balaban J connectivity index is 1.25. The first-order valence-electron chi connectivity index (χ1n) is 18.9. The highest BCUT2D eigenvalue weighted by Crippen LogP contribution is 2.36. The Kier molecular flexibility index (Phi) is 11.4. The van der Waals surface area contributed by atoms with E-state index >= 15 is 0 Å². The second kappa shape index (κ2) is 16.4. The Hall–Kier alpha value is -4.96. The molecule has 5 amide bonds. The minimum Gasteiger partial charge on any atom is -0.442 e. The Morgan fingerprint density at radius 3 is 2.20 bits per heavy atom. The van der Waals surface area contributed by atoms with Crippen LogP contribution in [0.25, 0.3) is 11.6 Å². The van der Waals surface area contributed by atoms with E-state index in [0.717, 1.165) is 12.0 Å². The van der Waals surface area contributed by atoms with Gasteiger partial charge in [-0.15, -0.1) is 22.7 Å². The number of hydrogen-bond donors (Lipinski definition) is 3. The van der Waals surface area contributed by atoms with Gasteiger partial charge in [0.2, 0.25) is 23.6 Å². The normalized spacial score (nSPS) is 24.0. The minimum atomic E-state index is -0.925. The van der Waals surface area contributed by atoms with Crippen LogP contribution in [0, 0.1) is 11.8 Å². The zero-order valence-corrected chi connectivity index (χ0v) is 33.0. The van der Waals surface area contributed by atoms with Gasteiger partial charge in [-0.3, -0.25) is 24.0 Å². The van der Waals surface area contributed by atoms with Crippen molar-refractivity contribution >= 4 is 52.2 Å². The van der Waals surface area contributed by atoms with Gasteiger partial charge in [-0.1, -0.05) is 58.0 Å². The molecular formula is C39H46N8O6S2. The summed E-state index contributed by atoms with van der Waals surface area (Å²) in [5.74, 6) is -1.99. The lowest BCUT2D eigenvalue weighted by Gasteiger charge is -2.29. The van der Waals surface area contributed by atoms with Gasteiger partial charge in [-0.2, -0.15) is 0 Å². The van der Waals surface area contributed by atoms with Crippen molar-refractivity contribution in [3.8, 4) is 11.6 Å². The molecule has 4 aromatic rings. The lowest BCUT2D eigenvalue weighted by molar-refractivity contribution is -0.134. The molecule has 0 radical (unpaired) electrons. The Bertz CT molecular complexity index is 2040. The molecule has 3 aromatic heterocycles. The summed E-state index contributed by atoms with van der Waals surface area (Å²) in [6.45, 7) is 8.56. The highest BCUT2D eigenvalue weighted by Gasteiger charge is 2.40. The Morgan fingerprint density at radius 2 is 1.45 bits per heavy atom. The van der Waals surface area contributed by atoms with Crippen LogP contribution in [0.1, 0.15) is 108 Å². The minimum absolute atomic E-state index is 0.0494. The van der Waals surface area contributed by atoms with Gasteiger partial charge in [0.05, 0.1) is 12.1 Å². The Morgan fingerprint density at radius 1 is 0.764 bits per heavy atom. The number of oxazole rings is 1. The van der Waals surface area contributed by atoms with E-state index in [9.17, 15) is 24.0 Å². The molecule has 2 fully saturated rings. The molecule has 3 aliphatic heterocycles. The zero-order valence-electron chi connectivity index (χ0n) is 31.3. The third kappa shape index (κ3) is 8.34. The summed E-state index contributed by atoms with van der Waals surface area (Å²) in [4.78, 5) is 87.0. The van der Waals surface area contributed by atoms with Crippen LogP contribution in [0.15, 0.2) is 51.8 Å². The number of fused-ring (bicyclic) bond motifs is 10. The van der Waals surface area contributed by atoms with Gasteiger partial charge in [-0.05, 0) is 55.9 Å². The quantitative estimate of drug-likeness (QED) is 0.253. The molecule has 5 atom stereocenters. The summed E-state index contributed by atoms with van der Waals surface area (Å²) in [5, 5.41) is 13.7. The van der Waals surface area contributed by atoms with Crippen LogP contribution in [0.4, 0.5) is 0 Å².